The van der Waals surface area contributed by atoms with Crippen molar-refractivity contribution in [2.45, 2.75) is 130 Å². The Balaban J connectivity index is 0.838. The van der Waals surface area contributed by atoms with Gasteiger partial charge in [0, 0.05) is 93.1 Å². The van der Waals surface area contributed by atoms with E-state index < -0.39 is 68.5 Å². The van der Waals surface area contributed by atoms with Crippen molar-refractivity contribution in [3.05, 3.63) is 43.1 Å². The number of nitrogens with one attached hydrogen (secondary N) is 6. The van der Waals surface area contributed by atoms with Gasteiger partial charge in [0.15, 0.2) is 0 Å². The fraction of sp³-hybridized carbons (Fsp3) is 0.654. The van der Waals surface area contributed by atoms with E-state index in [1.54, 1.807) is 43.3 Å². The van der Waals surface area contributed by atoms with E-state index in [-0.39, 0.29) is 75.0 Å². The monoisotopic (exact) mass is 1130 g/mol. The third-order valence-corrected chi connectivity index (χ3v) is 17.5. The number of thioether (sulfide) groups is 1. The number of pyridine rings is 1. The van der Waals surface area contributed by atoms with E-state index >= 15 is 0 Å². The van der Waals surface area contributed by atoms with Crippen LogP contribution in [0.15, 0.2) is 43.1 Å². The first-order valence-electron chi connectivity index (χ1n) is 26.9. The molecule has 10 N–H and O–H groups in total. The zero-order valence-electron chi connectivity index (χ0n) is 44.4. The first-order valence-corrected chi connectivity index (χ1v) is 29.5. The van der Waals surface area contributed by atoms with E-state index in [9.17, 15) is 42.0 Å². The molecular weight excluding hydrogens is 1050 g/mol. The topological polar surface area (TPSA) is 340 Å². The number of carbonyl (C=O) groups excluding carboxylic acids is 7. The van der Waals surface area contributed by atoms with Gasteiger partial charge in [0.25, 0.3) is 5.91 Å². The lowest BCUT2D eigenvalue weighted by Crippen LogP contribution is -2.59. The number of nitrogens with two attached hydrogens (primary N) is 2. The minimum atomic E-state index is -3.95. The van der Waals surface area contributed by atoms with Crippen LogP contribution in [0.2, 0.25) is 0 Å². The maximum absolute atomic E-state index is 14.3. The minimum Gasteiger partial charge on any atom is -0.497 e. The van der Waals surface area contributed by atoms with Crippen LogP contribution in [0.4, 0.5) is 0 Å². The van der Waals surface area contributed by atoms with Crippen molar-refractivity contribution < 1.29 is 65.7 Å². The second-order valence-electron chi connectivity index (χ2n) is 19.9. The number of hydrogen-bond acceptors (Lipinski definition) is 18. The number of sulfonamides is 1. The number of unbranched alkanes of at least 4 members (excludes halogenated alkanes) is 1. The van der Waals surface area contributed by atoms with E-state index in [0.717, 1.165) is 30.4 Å². The van der Waals surface area contributed by atoms with Gasteiger partial charge in [0.05, 0.1) is 51.4 Å². The summed E-state index contributed by atoms with van der Waals surface area (Å²) in [5.41, 5.74) is 10.7. The number of methoxy groups -OCH3 is 1. The standard InChI is InChI=1S/C52H78N10O14S2/c1-3-35-29-52(35,51(69)61-78(70,71)38-14-15-38)60-48(67)42-28-37(76-49-39-16-13-36(72-2)27-34(39)17-20-57-49)31-62(42)50(68)40(30-53)59-46(66)12-6-11-45(65)56-19-8-22-74-24-26-75-25-23-73-21-7-18-55-44(64)10-5-4-9-43-47(54)41(32-77-43)58-33-63/h3,13,16-17,20,27,33,35,37-38,40-43,47H,1,4-12,14-15,18-19,21-26,28-32,53-54H2,2H3,(H,55,64)(H,56,65)(H,58,63)(H,59,66)(H,60,67)(H,61,69)/t35-,37-,40+,41+,42+,43+,47+,52-/m1/s1. The summed E-state index contributed by atoms with van der Waals surface area (Å²) in [6, 6.07) is 4.57. The van der Waals surface area contributed by atoms with E-state index in [2.05, 4.69) is 42.9 Å². The molecule has 2 aromatic rings. The van der Waals surface area contributed by atoms with Crippen LogP contribution >= 0.6 is 11.8 Å². The van der Waals surface area contributed by atoms with Crippen molar-refractivity contribution in [1.82, 2.24) is 41.2 Å². The van der Waals surface area contributed by atoms with E-state index in [4.69, 9.17) is 35.2 Å². The fourth-order valence-corrected chi connectivity index (χ4v) is 12.3. The molecule has 24 nitrogen and oxygen atoms in total. The van der Waals surface area contributed by atoms with Crippen LogP contribution in [0.3, 0.4) is 0 Å². The molecule has 432 valence electrons. The van der Waals surface area contributed by atoms with Gasteiger partial charge in [-0.05, 0) is 81.0 Å². The van der Waals surface area contributed by atoms with Crippen LogP contribution in [0.5, 0.6) is 11.6 Å². The van der Waals surface area contributed by atoms with Crippen LogP contribution in [0.1, 0.15) is 83.5 Å². The molecular formula is C52H78N10O14S2. The van der Waals surface area contributed by atoms with Gasteiger partial charge in [-0.2, -0.15) is 11.8 Å². The molecule has 2 aliphatic heterocycles. The summed E-state index contributed by atoms with van der Waals surface area (Å²) in [6.07, 6.45) is 8.30. The Kier molecular flexibility index (Phi) is 24.2. The number of hydrogen-bond donors (Lipinski definition) is 8. The molecule has 2 saturated heterocycles. The lowest BCUT2D eigenvalue weighted by atomic mass is 10.0. The second kappa shape index (κ2) is 30.6. The molecule has 0 spiro atoms. The van der Waals surface area contributed by atoms with E-state index in [0.29, 0.717) is 108 Å². The largest absolute Gasteiger partial charge is 0.497 e. The van der Waals surface area contributed by atoms with Crippen molar-refractivity contribution in [3.8, 4) is 11.6 Å². The smallest absolute Gasteiger partial charge is 0.259 e. The lowest BCUT2D eigenvalue weighted by molar-refractivity contribution is -0.142. The Morgan fingerprint density at radius 3 is 2.21 bits per heavy atom. The molecule has 0 unspecified atom stereocenters. The van der Waals surface area contributed by atoms with Crippen LogP contribution in [-0.2, 0) is 57.8 Å². The highest BCUT2D eigenvalue weighted by Crippen LogP contribution is 2.45. The zero-order chi connectivity index (χ0) is 56.1. The Hall–Kier alpha value is -5.64. The van der Waals surface area contributed by atoms with Gasteiger partial charge >= 0.3 is 0 Å². The van der Waals surface area contributed by atoms with Gasteiger partial charge in [-0.25, -0.2) is 13.4 Å². The summed E-state index contributed by atoms with van der Waals surface area (Å²) < 4.78 is 56.0. The molecule has 26 heteroatoms. The summed E-state index contributed by atoms with van der Waals surface area (Å²) in [7, 11) is -2.40. The summed E-state index contributed by atoms with van der Waals surface area (Å²) in [5, 5.41) is 14.9. The fourth-order valence-electron chi connectivity index (χ4n) is 9.38. The summed E-state index contributed by atoms with van der Waals surface area (Å²) in [6.45, 7) is 6.66. The van der Waals surface area contributed by atoms with Crippen molar-refractivity contribution in [3.63, 3.8) is 0 Å². The highest BCUT2D eigenvalue weighted by Gasteiger charge is 2.62. The van der Waals surface area contributed by atoms with Crippen LogP contribution in [0.25, 0.3) is 10.8 Å². The Labute approximate surface area is 460 Å². The zero-order valence-corrected chi connectivity index (χ0v) is 46.1. The first kappa shape index (κ1) is 61.6. The van der Waals surface area contributed by atoms with Gasteiger partial charge in [0.1, 0.15) is 29.5 Å². The molecule has 1 aromatic carbocycles. The molecule has 8 atom stereocenters. The SMILES string of the molecule is C=C[C@@H]1C[C@]1(NC(=O)[C@@H]1C[C@@H](Oc2nccc3cc(OC)ccc23)CN1C(=O)[C@H](CN)NC(=O)CCCC(=O)NCCCOCCOCCOCCCNC(=O)CCCC[C@@H]1SC[C@H](NC=O)[C@@H]1N)C(=O)NS(=O)(=O)C1CC1. The molecule has 0 bridgehead atoms. The van der Waals surface area contributed by atoms with Crippen LogP contribution in [-0.4, -0.2) is 185 Å². The number of amides is 7. The van der Waals surface area contributed by atoms with Crippen molar-refractivity contribution in [2.75, 3.05) is 78.7 Å². The second-order valence-corrected chi connectivity index (χ2v) is 23.1. The molecule has 4 aliphatic rings. The highest BCUT2D eigenvalue weighted by atomic mass is 32.2. The number of carbonyl (C=O) groups is 7. The molecule has 0 radical (unpaired) electrons. The van der Waals surface area contributed by atoms with Crippen LogP contribution in [0, 0.1) is 5.92 Å². The van der Waals surface area contributed by atoms with Gasteiger partial charge in [-0.3, -0.25) is 38.3 Å². The minimum absolute atomic E-state index is 0.0119. The van der Waals surface area contributed by atoms with Gasteiger partial charge in [0.2, 0.25) is 51.8 Å². The molecule has 6 rings (SSSR count). The van der Waals surface area contributed by atoms with E-state index in [1.165, 1.54) is 11.0 Å². The number of fused-ring (bicyclic) bond motifs is 1. The van der Waals surface area contributed by atoms with Gasteiger partial charge in [-0.1, -0.05) is 12.5 Å². The first-order chi connectivity index (χ1) is 37.6. The number of benzene rings is 1. The molecule has 4 fully saturated rings. The lowest BCUT2D eigenvalue weighted by Gasteiger charge is -2.29. The molecule has 7 amide bonds. The summed E-state index contributed by atoms with van der Waals surface area (Å²) in [5.74, 6) is -1.97. The quantitative estimate of drug-likeness (QED) is 0.0252. The van der Waals surface area contributed by atoms with Crippen molar-refractivity contribution in [1.29, 1.82) is 0 Å². The van der Waals surface area contributed by atoms with Crippen molar-refractivity contribution >= 4 is 74.4 Å². The average molecular weight is 1130 g/mol. The molecule has 1 aromatic heterocycles. The third kappa shape index (κ3) is 18.2. The van der Waals surface area contributed by atoms with Crippen LogP contribution < -0.4 is 52.2 Å². The number of ether oxygens (including phenoxy) is 5. The Bertz CT molecular complexity index is 2490. The number of nitrogens with zero attached hydrogens (tertiary/aromatic N) is 2. The number of likely N-dealkylation sites (tertiary alicyclic amines) is 1. The molecule has 3 heterocycles. The van der Waals surface area contributed by atoms with Gasteiger partial charge in [-0.15, -0.1) is 6.58 Å². The maximum atomic E-state index is 14.3. The Morgan fingerprint density at radius 1 is 0.910 bits per heavy atom. The maximum Gasteiger partial charge on any atom is 0.259 e. The Morgan fingerprint density at radius 2 is 1.58 bits per heavy atom. The normalized spacial score (nSPS) is 22.9. The number of aromatic nitrogens is 1. The molecule has 2 aliphatic carbocycles. The number of rotatable bonds is 37. The van der Waals surface area contributed by atoms with Crippen molar-refractivity contribution in [2.24, 2.45) is 17.4 Å². The van der Waals surface area contributed by atoms with E-state index in [1.807, 2.05) is 6.07 Å². The predicted octanol–water partition coefficient (Wildman–Crippen LogP) is 0.0549. The predicted molar refractivity (Wildman–Crippen MR) is 290 cm³/mol. The average Bonchev–Trinajstić information content (AvgIpc) is 4.43. The third-order valence-electron chi connectivity index (χ3n) is 14.1. The molecule has 2 saturated carbocycles. The molecule has 78 heavy (non-hydrogen) atoms. The highest BCUT2D eigenvalue weighted by molar-refractivity contribution is 8.00. The van der Waals surface area contributed by atoms with Gasteiger partial charge < -0.3 is 66.6 Å². The summed E-state index contributed by atoms with van der Waals surface area (Å²) in [4.78, 5) is 96.3. The summed E-state index contributed by atoms with van der Waals surface area (Å²) >= 11 is 1.77.